The molecule has 0 aromatic heterocycles. The maximum absolute atomic E-state index is 2.57. The van der Waals surface area contributed by atoms with E-state index in [-0.39, 0.29) is 10.8 Å². The van der Waals surface area contributed by atoms with Crippen molar-refractivity contribution in [2.45, 2.75) is 51.9 Å². The summed E-state index contributed by atoms with van der Waals surface area (Å²) >= 11 is 0. The van der Waals surface area contributed by atoms with Crippen LogP contribution in [0.1, 0.15) is 68.9 Å². The van der Waals surface area contributed by atoms with Crippen LogP contribution in [0, 0.1) is 5.92 Å². The summed E-state index contributed by atoms with van der Waals surface area (Å²) in [6.07, 6.45) is 7.82. The van der Waals surface area contributed by atoms with Gasteiger partial charge in [-0.25, -0.2) is 0 Å². The Morgan fingerprint density at radius 2 is 0.875 bits per heavy atom. The molecule has 8 aromatic rings. The van der Waals surface area contributed by atoms with Gasteiger partial charge in [-0.05, 0) is 142 Å². The molecule has 0 spiro atoms. The van der Waals surface area contributed by atoms with Crippen molar-refractivity contribution in [2.75, 3.05) is 14.7 Å². The molecule has 0 amide bonds. The van der Waals surface area contributed by atoms with Crippen molar-refractivity contribution in [3.8, 4) is 11.1 Å². The summed E-state index contributed by atoms with van der Waals surface area (Å²) in [4.78, 5) is 7.42. The predicted octanol–water partition coefficient (Wildman–Crippen LogP) is 17.0. The number of para-hydroxylation sites is 3. The number of hydrogen-bond donors (Lipinski definition) is 0. The van der Waals surface area contributed by atoms with Crippen LogP contribution >= 0.6 is 0 Å². The van der Waals surface area contributed by atoms with Crippen molar-refractivity contribution in [1.29, 1.82) is 0 Å². The van der Waals surface area contributed by atoms with E-state index in [0.717, 1.165) is 40.5 Å². The molecule has 0 N–H and O–H groups in total. The lowest BCUT2D eigenvalue weighted by Crippen LogP contribution is -2.38. The first-order valence-corrected chi connectivity index (χ1v) is 22.7. The average Bonchev–Trinajstić information content (AvgIpc) is 3.33. The summed E-state index contributed by atoms with van der Waals surface area (Å²) in [7, 11) is 0. The van der Waals surface area contributed by atoms with Crippen LogP contribution < -0.4 is 14.7 Å². The molecule has 1 unspecified atom stereocenters. The molecule has 11 rings (SSSR count). The summed E-state index contributed by atoms with van der Waals surface area (Å²) in [5, 5.41) is 0. The summed E-state index contributed by atoms with van der Waals surface area (Å²) in [6.45, 7) is 12.0. The van der Waals surface area contributed by atoms with E-state index in [4.69, 9.17) is 0 Å². The zero-order chi connectivity index (χ0) is 43.6. The van der Waals surface area contributed by atoms with Crippen molar-refractivity contribution >= 4 is 56.8 Å². The monoisotopic (exact) mass is 827 g/mol. The van der Waals surface area contributed by atoms with Crippen molar-refractivity contribution < 1.29 is 0 Å². The van der Waals surface area contributed by atoms with Crippen LogP contribution in [-0.2, 0) is 10.8 Å². The summed E-state index contributed by atoms with van der Waals surface area (Å²) in [5.41, 5.74) is 20.3. The number of fused-ring (bicyclic) bond motifs is 4. The molecule has 3 aliphatic rings. The van der Waals surface area contributed by atoms with Gasteiger partial charge in [0.25, 0.3) is 0 Å². The third-order valence-electron chi connectivity index (χ3n) is 13.9. The van der Waals surface area contributed by atoms with Gasteiger partial charge in [-0.15, -0.1) is 0 Å². The third kappa shape index (κ3) is 6.57. The molecule has 8 aromatic carbocycles. The van der Waals surface area contributed by atoms with E-state index in [1.54, 1.807) is 0 Å². The summed E-state index contributed by atoms with van der Waals surface area (Å²) < 4.78 is 0. The van der Waals surface area contributed by atoms with E-state index >= 15 is 0 Å². The summed E-state index contributed by atoms with van der Waals surface area (Å²) in [5.74, 6) is 0.544. The minimum atomic E-state index is -0.367. The molecule has 1 aliphatic carbocycles. The maximum Gasteiger partial charge on any atom is 0.0545 e. The lowest BCUT2D eigenvalue weighted by atomic mass is 9.66. The maximum atomic E-state index is 2.57. The summed E-state index contributed by atoms with van der Waals surface area (Å²) in [6, 6.07) is 71.7. The largest absolute Gasteiger partial charge is 0.310 e. The fourth-order valence-electron chi connectivity index (χ4n) is 10.5. The highest BCUT2D eigenvalue weighted by atomic mass is 15.2. The topological polar surface area (TPSA) is 9.72 Å². The highest BCUT2D eigenvalue weighted by molar-refractivity contribution is 5.96. The first kappa shape index (κ1) is 39.5. The smallest absolute Gasteiger partial charge is 0.0545 e. The van der Waals surface area contributed by atoms with Gasteiger partial charge in [0.2, 0.25) is 0 Å². The molecule has 0 radical (unpaired) electrons. The van der Waals surface area contributed by atoms with Gasteiger partial charge in [0, 0.05) is 45.0 Å². The van der Waals surface area contributed by atoms with E-state index in [0.29, 0.717) is 5.92 Å². The molecular formula is C61H53N3. The van der Waals surface area contributed by atoms with Crippen LogP contribution in [0.5, 0.6) is 0 Å². The Morgan fingerprint density at radius 3 is 1.48 bits per heavy atom. The number of allylic oxidation sites excluding steroid dienone is 4. The molecule has 0 saturated carbocycles. The van der Waals surface area contributed by atoms with E-state index in [9.17, 15) is 0 Å². The Hall–Kier alpha value is -7.36. The zero-order valence-electron chi connectivity index (χ0n) is 37.3. The highest BCUT2D eigenvalue weighted by Crippen LogP contribution is 2.62. The molecule has 2 heterocycles. The van der Waals surface area contributed by atoms with Crippen LogP contribution in [0.2, 0.25) is 0 Å². The van der Waals surface area contributed by atoms with Gasteiger partial charge < -0.3 is 14.7 Å². The standard InChI is InChI=1S/C61H53N3/c1-42-18-17-21-46(38-42)45-30-34-49(35-31-45)62(47-22-11-7-12-23-47)51-36-37-58-54(39-51)61(4,5)56-41-52(40-55-59(56)64(58)57-27-16-15-26-53(57)60(55,2)3)63(48-24-13-8-14-25-48)50-32-28-44(29-33-50)43-19-9-6-10-20-43/h6-37,39-42H,38H2,1-5H3. The Morgan fingerprint density at radius 1 is 0.422 bits per heavy atom. The van der Waals surface area contributed by atoms with Crippen LogP contribution in [0.4, 0.5) is 51.2 Å². The lowest BCUT2D eigenvalue weighted by molar-refractivity contribution is 0.597. The minimum absolute atomic E-state index is 0.265. The SMILES string of the molecule is CC1C=CC=C(c2ccc(N(c3ccccc3)c3ccc4c(c3)C(C)(C)c3cc(N(c5ccccc5)c5ccc(-c6ccccc6)cc5)cc5c3N4c3ccccc3C5(C)C)cc2)C1. The van der Waals surface area contributed by atoms with E-state index in [1.807, 2.05) is 0 Å². The lowest BCUT2D eigenvalue weighted by Gasteiger charge is -2.50. The first-order chi connectivity index (χ1) is 31.2. The minimum Gasteiger partial charge on any atom is -0.310 e. The Balaban J connectivity index is 1.09. The fourth-order valence-corrected chi connectivity index (χ4v) is 10.5. The van der Waals surface area contributed by atoms with Crippen molar-refractivity contribution in [1.82, 2.24) is 0 Å². The molecule has 2 aliphatic heterocycles. The van der Waals surface area contributed by atoms with Gasteiger partial charge in [0.05, 0.1) is 17.1 Å². The number of hydrogen-bond acceptors (Lipinski definition) is 3. The van der Waals surface area contributed by atoms with Crippen LogP contribution in [0.15, 0.2) is 212 Å². The second kappa shape index (κ2) is 15.5. The molecule has 1 atom stereocenters. The average molecular weight is 828 g/mol. The van der Waals surface area contributed by atoms with E-state index < -0.39 is 0 Å². The van der Waals surface area contributed by atoms with Gasteiger partial charge in [0.1, 0.15) is 0 Å². The van der Waals surface area contributed by atoms with Crippen molar-refractivity contribution in [2.24, 2.45) is 5.92 Å². The quantitative estimate of drug-likeness (QED) is 0.151. The van der Waals surface area contributed by atoms with Crippen LogP contribution in [-0.4, -0.2) is 0 Å². The van der Waals surface area contributed by atoms with Crippen LogP contribution in [0.25, 0.3) is 16.7 Å². The number of rotatable bonds is 8. The number of benzene rings is 8. The molecule has 0 saturated heterocycles. The van der Waals surface area contributed by atoms with E-state index in [2.05, 4.69) is 262 Å². The molecule has 64 heavy (non-hydrogen) atoms. The molecular weight excluding hydrogens is 775 g/mol. The Labute approximate surface area is 378 Å². The normalized spacial score (nSPS) is 16.2. The predicted molar refractivity (Wildman–Crippen MR) is 271 cm³/mol. The molecule has 3 heteroatoms. The van der Waals surface area contributed by atoms with Crippen molar-refractivity contribution in [3.63, 3.8) is 0 Å². The molecule has 3 nitrogen and oxygen atoms in total. The Kier molecular flexibility index (Phi) is 9.54. The van der Waals surface area contributed by atoms with Gasteiger partial charge >= 0.3 is 0 Å². The van der Waals surface area contributed by atoms with E-state index in [1.165, 1.54) is 61.6 Å². The second-order valence-corrected chi connectivity index (χ2v) is 18.8. The first-order valence-electron chi connectivity index (χ1n) is 22.7. The van der Waals surface area contributed by atoms with Crippen molar-refractivity contribution in [3.05, 3.63) is 240 Å². The van der Waals surface area contributed by atoms with Gasteiger partial charge in [-0.1, -0.05) is 162 Å². The van der Waals surface area contributed by atoms with Gasteiger partial charge in [0.15, 0.2) is 0 Å². The van der Waals surface area contributed by atoms with Crippen LogP contribution in [0.3, 0.4) is 0 Å². The van der Waals surface area contributed by atoms with Gasteiger partial charge in [-0.3, -0.25) is 0 Å². The zero-order valence-corrected chi connectivity index (χ0v) is 37.3. The number of anilines is 9. The second-order valence-electron chi connectivity index (χ2n) is 18.8. The molecule has 0 bridgehead atoms. The molecule has 312 valence electrons. The highest BCUT2D eigenvalue weighted by Gasteiger charge is 2.46. The third-order valence-corrected chi connectivity index (χ3v) is 13.9. The Bertz CT molecular complexity index is 3070. The molecule has 0 fully saturated rings. The fraction of sp³-hybridized carbons (Fsp3) is 0.148. The van der Waals surface area contributed by atoms with Gasteiger partial charge in [-0.2, -0.15) is 0 Å². The number of nitrogens with zero attached hydrogens (tertiary/aromatic N) is 3.